The van der Waals surface area contributed by atoms with Crippen molar-refractivity contribution in [2.75, 3.05) is 0 Å². The molecule has 0 aliphatic rings. The van der Waals surface area contributed by atoms with Crippen molar-refractivity contribution < 1.29 is 4.39 Å². The van der Waals surface area contributed by atoms with Gasteiger partial charge in [0.1, 0.15) is 11.5 Å². The second-order valence-electron chi connectivity index (χ2n) is 2.46. The van der Waals surface area contributed by atoms with Gasteiger partial charge in [0.15, 0.2) is 0 Å². The Kier molecular flexibility index (Phi) is 1.18. The molecule has 0 saturated carbocycles. The third-order valence-corrected chi connectivity index (χ3v) is 1.69. The Morgan fingerprint density at radius 3 is 3.09 bits per heavy atom. The molecule has 2 heterocycles. The van der Waals surface area contributed by atoms with E-state index in [1.165, 1.54) is 6.20 Å². The molecule has 0 bridgehead atoms. The zero-order chi connectivity index (χ0) is 7.84. The molecule has 0 aliphatic heterocycles. The van der Waals surface area contributed by atoms with Gasteiger partial charge in [-0.25, -0.2) is 9.37 Å². The van der Waals surface area contributed by atoms with Crippen LogP contribution >= 0.6 is 0 Å². The van der Waals surface area contributed by atoms with Gasteiger partial charge in [-0.2, -0.15) is 0 Å². The first-order valence-corrected chi connectivity index (χ1v) is 3.34. The molecule has 2 rings (SSSR count). The van der Waals surface area contributed by atoms with E-state index in [1.807, 2.05) is 0 Å². The molecule has 2 nitrogen and oxygen atoms in total. The molecule has 0 aliphatic carbocycles. The highest BCUT2D eigenvalue weighted by Crippen LogP contribution is 2.15. The van der Waals surface area contributed by atoms with Crippen LogP contribution < -0.4 is 0 Å². The van der Waals surface area contributed by atoms with E-state index in [0.29, 0.717) is 11.0 Å². The Balaban J connectivity index is 2.95. The minimum atomic E-state index is -0.212. The maximum Gasteiger partial charge on any atom is 0.150 e. The SMILES string of the molecule is Cn1cc(F)c2cccnc21. The third-order valence-electron chi connectivity index (χ3n) is 1.69. The largest absolute Gasteiger partial charge is 0.333 e. The summed E-state index contributed by atoms with van der Waals surface area (Å²) in [5.74, 6) is -0.212. The smallest absolute Gasteiger partial charge is 0.150 e. The summed E-state index contributed by atoms with van der Waals surface area (Å²) in [6, 6.07) is 3.45. The van der Waals surface area contributed by atoms with Gasteiger partial charge in [-0.3, -0.25) is 0 Å². The number of halogens is 1. The predicted molar refractivity (Wildman–Crippen MR) is 40.7 cm³/mol. The lowest BCUT2D eigenvalue weighted by Gasteiger charge is -1.90. The maximum absolute atomic E-state index is 12.9. The van der Waals surface area contributed by atoms with Crippen molar-refractivity contribution >= 4 is 11.0 Å². The summed E-state index contributed by atoms with van der Waals surface area (Å²) in [5, 5.41) is 0.579. The first-order valence-electron chi connectivity index (χ1n) is 3.34. The fourth-order valence-electron chi connectivity index (χ4n) is 1.17. The first-order chi connectivity index (χ1) is 5.29. The highest BCUT2D eigenvalue weighted by Gasteiger charge is 2.04. The van der Waals surface area contributed by atoms with Crippen LogP contribution in [0.15, 0.2) is 24.5 Å². The van der Waals surface area contributed by atoms with Gasteiger partial charge < -0.3 is 4.57 Å². The Morgan fingerprint density at radius 2 is 2.36 bits per heavy atom. The molecule has 0 N–H and O–H groups in total. The molecule has 0 unspecified atom stereocenters. The molecule has 11 heavy (non-hydrogen) atoms. The van der Waals surface area contributed by atoms with Crippen LogP contribution in [-0.4, -0.2) is 9.55 Å². The molecule has 56 valence electrons. The van der Waals surface area contributed by atoms with Crippen LogP contribution in [0.3, 0.4) is 0 Å². The van der Waals surface area contributed by atoms with Gasteiger partial charge in [0.05, 0.1) is 5.39 Å². The minimum Gasteiger partial charge on any atom is -0.333 e. The van der Waals surface area contributed by atoms with E-state index in [0.717, 1.165) is 0 Å². The highest BCUT2D eigenvalue weighted by molar-refractivity contribution is 5.76. The Morgan fingerprint density at radius 1 is 1.55 bits per heavy atom. The van der Waals surface area contributed by atoms with Gasteiger partial charge in [-0.15, -0.1) is 0 Å². The van der Waals surface area contributed by atoms with Gasteiger partial charge in [-0.05, 0) is 12.1 Å². The molecule has 0 amide bonds. The van der Waals surface area contributed by atoms with Gasteiger partial charge in [0.2, 0.25) is 0 Å². The molecule has 2 aromatic heterocycles. The van der Waals surface area contributed by atoms with E-state index < -0.39 is 0 Å². The van der Waals surface area contributed by atoms with Crippen molar-refractivity contribution in [1.82, 2.24) is 9.55 Å². The average molecular weight is 150 g/mol. The lowest BCUT2D eigenvalue weighted by molar-refractivity contribution is 0.633. The van der Waals surface area contributed by atoms with E-state index >= 15 is 0 Å². The zero-order valence-electron chi connectivity index (χ0n) is 6.08. The van der Waals surface area contributed by atoms with Crippen molar-refractivity contribution in [3.63, 3.8) is 0 Å². The molecule has 0 radical (unpaired) electrons. The van der Waals surface area contributed by atoms with E-state index in [2.05, 4.69) is 4.98 Å². The van der Waals surface area contributed by atoms with Crippen LogP contribution in [0.5, 0.6) is 0 Å². The van der Waals surface area contributed by atoms with Gasteiger partial charge >= 0.3 is 0 Å². The normalized spacial score (nSPS) is 10.7. The van der Waals surface area contributed by atoms with Crippen LogP contribution in [0, 0.1) is 5.82 Å². The number of rotatable bonds is 0. The summed E-state index contributed by atoms with van der Waals surface area (Å²) < 4.78 is 14.6. The summed E-state index contributed by atoms with van der Waals surface area (Å²) in [6.45, 7) is 0. The number of pyridine rings is 1. The first kappa shape index (κ1) is 6.34. The number of nitrogens with zero attached hydrogens (tertiary/aromatic N) is 2. The van der Waals surface area contributed by atoms with Crippen LogP contribution in [0.4, 0.5) is 4.39 Å². The van der Waals surface area contributed by atoms with Crippen LogP contribution in [0.1, 0.15) is 0 Å². The summed E-state index contributed by atoms with van der Waals surface area (Å²) >= 11 is 0. The van der Waals surface area contributed by atoms with Crippen LogP contribution in [-0.2, 0) is 7.05 Å². The molecule has 0 aromatic carbocycles. The summed E-state index contributed by atoms with van der Waals surface area (Å²) in [5.41, 5.74) is 0.685. The fourth-order valence-corrected chi connectivity index (χ4v) is 1.17. The summed E-state index contributed by atoms with van der Waals surface area (Å²) in [6.07, 6.45) is 3.08. The Bertz CT molecular complexity index is 356. The van der Waals surface area contributed by atoms with E-state index in [-0.39, 0.29) is 5.82 Å². The number of hydrogen-bond donors (Lipinski definition) is 0. The lowest BCUT2D eigenvalue weighted by atomic mass is 10.3. The second kappa shape index (κ2) is 2.05. The maximum atomic E-state index is 12.9. The van der Waals surface area contributed by atoms with Crippen molar-refractivity contribution in [2.45, 2.75) is 0 Å². The molecule has 2 aromatic rings. The second-order valence-corrected chi connectivity index (χ2v) is 2.46. The summed E-state index contributed by atoms with van der Waals surface area (Å²) in [4.78, 5) is 4.02. The molecule has 0 spiro atoms. The van der Waals surface area contributed by atoms with Crippen molar-refractivity contribution in [2.24, 2.45) is 7.05 Å². The van der Waals surface area contributed by atoms with E-state index in [4.69, 9.17) is 0 Å². The third kappa shape index (κ3) is 0.808. The Hall–Kier alpha value is -1.38. The van der Waals surface area contributed by atoms with E-state index in [9.17, 15) is 4.39 Å². The zero-order valence-corrected chi connectivity index (χ0v) is 6.08. The standard InChI is InChI=1S/C8H7FN2/c1-11-5-7(9)6-3-2-4-10-8(6)11/h2-5H,1H3. The number of fused-ring (bicyclic) bond motifs is 1. The molecule has 0 atom stereocenters. The minimum absolute atomic E-state index is 0.212. The monoisotopic (exact) mass is 150 g/mol. The Labute approximate surface area is 63.3 Å². The van der Waals surface area contributed by atoms with Gasteiger partial charge in [0.25, 0.3) is 0 Å². The predicted octanol–water partition coefficient (Wildman–Crippen LogP) is 1.71. The fraction of sp³-hybridized carbons (Fsp3) is 0.125. The van der Waals surface area contributed by atoms with Crippen molar-refractivity contribution in [3.8, 4) is 0 Å². The molecule has 3 heteroatoms. The topological polar surface area (TPSA) is 17.8 Å². The quantitative estimate of drug-likeness (QED) is 0.559. The average Bonchev–Trinajstić information content (AvgIpc) is 2.30. The molecule has 0 fully saturated rings. The highest BCUT2D eigenvalue weighted by atomic mass is 19.1. The van der Waals surface area contributed by atoms with Crippen LogP contribution in [0.2, 0.25) is 0 Å². The molecular formula is C8H7FN2. The van der Waals surface area contributed by atoms with Crippen molar-refractivity contribution in [1.29, 1.82) is 0 Å². The number of hydrogen-bond acceptors (Lipinski definition) is 1. The van der Waals surface area contributed by atoms with E-state index in [1.54, 1.807) is 29.9 Å². The van der Waals surface area contributed by atoms with Gasteiger partial charge in [0, 0.05) is 19.4 Å². The number of aromatic nitrogens is 2. The molecule has 0 saturated heterocycles. The lowest BCUT2D eigenvalue weighted by Crippen LogP contribution is -1.85. The molecular weight excluding hydrogens is 143 g/mol. The van der Waals surface area contributed by atoms with Gasteiger partial charge in [-0.1, -0.05) is 0 Å². The number of aryl methyl sites for hydroxylation is 1. The van der Waals surface area contributed by atoms with Crippen LogP contribution in [0.25, 0.3) is 11.0 Å². The summed E-state index contributed by atoms with van der Waals surface area (Å²) in [7, 11) is 1.78. The van der Waals surface area contributed by atoms with Crippen molar-refractivity contribution in [3.05, 3.63) is 30.3 Å².